The number of fused-ring (bicyclic) bond motifs is 1. The minimum absolute atomic E-state index is 0.195. The molecule has 2 aromatic carbocycles. The summed E-state index contributed by atoms with van der Waals surface area (Å²) in [4.78, 5) is 41.4. The summed E-state index contributed by atoms with van der Waals surface area (Å²) in [6, 6.07) is 13.9. The van der Waals surface area contributed by atoms with Crippen molar-refractivity contribution in [3.05, 3.63) is 75.0 Å². The van der Waals surface area contributed by atoms with E-state index in [1.165, 1.54) is 10.6 Å². The molecule has 1 aliphatic heterocycles. The van der Waals surface area contributed by atoms with Crippen molar-refractivity contribution in [2.24, 2.45) is 7.05 Å². The number of benzene rings is 2. The Balaban J connectivity index is 1.45. The molecule has 0 unspecified atom stereocenters. The zero-order valence-electron chi connectivity index (χ0n) is 17.4. The number of hydrogen-bond acceptors (Lipinski definition) is 3. The van der Waals surface area contributed by atoms with Crippen molar-refractivity contribution in [1.82, 2.24) is 14.4 Å². The number of carbonyl (C=O) groups excluding carboxylic acids is 2. The molecule has 2 heterocycles. The van der Waals surface area contributed by atoms with E-state index in [1.807, 2.05) is 37.3 Å². The van der Waals surface area contributed by atoms with E-state index in [4.69, 9.17) is 11.6 Å². The number of carbonyl (C=O) groups is 2. The van der Waals surface area contributed by atoms with Crippen LogP contribution in [0, 0.1) is 6.92 Å². The minimum atomic E-state index is -0.231. The number of piperazine rings is 1. The van der Waals surface area contributed by atoms with Gasteiger partial charge in [0.05, 0.1) is 11.1 Å². The topological polar surface area (TPSA) is 74.7 Å². The molecule has 0 bridgehead atoms. The van der Waals surface area contributed by atoms with Crippen LogP contribution in [0.15, 0.2) is 53.3 Å². The second kappa shape index (κ2) is 8.43. The largest absolute Gasteiger partial charge is 0.335 e. The summed E-state index contributed by atoms with van der Waals surface area (Å²) in [6.45, 7) is 3.49. The van der Waals surface area contributed by atoms with Crippen LogP contribution in [0.4, 0.5) is 10.5 Å². The second-order valence-electron chi connectivity index (χ2n) is 7.65. The van der Waals surface area contributed by atoms with E-state index < -0.39 is 0 Å². The monoisotopic (exact) mass is 438 g/mol. The van der Waals surface area contributed by atoms with Crippen molar-refractivity contribution in [3.63, 3.8) is 0 Å². The van der Waals surface area contributed by atoms with E-state index in [0.717, 1.165) is 10.9 Å². The van der Waals surface area contributed by atoms with Crippen molar-refractivity contribution in [2.45, 2.75) is 6.92 Å². The molecule has 0 atom stereocenters. The van der Waals surface area contributed by atoms with Gasteiger partial charge in [-0.15, -0.1) is 0 Å². The van der Waals surface area contributed by atoms with Crippen molar-refractivity contribution in [2.75, 3.05) is 31.5 Å². The number of nitrogens with zero attached hydrogens (tertiary/aromatic N) is 3. The zero-order chi connectivity index (χ0) is 22.1. The van der Waals surface area contributed by atoms with Gasteiger partial charge in [-0.2, -0.15) is 0 Å². The van der Waals surface area contributed by atoms with Gasteiger partial charge in [-0.3, -0.25) is 9.59 Å². The number of anilines is 1. The average Bonchev–Trinajstić information content (AvgIpc) is 2.78. The number of halogens is 1. The van der Waals surface area contributed by atoms with E-state index in [0.29, 0.717) is 48.0 Å². The molecular formula is C23H23ClN4O3. The highest BCUT2D eigenvalue weighted by atomic mass is 35.5. The Labute approximate surface area is 184 Å². The molecule has 0 aliphatic carbocycles. The van der Waals surface area contributed by atoms with Crippen LogP contribution in [0.5, 0.6) is 0 Å². The second-order valence-corrected chi connectivity index (χ2v) is 8.05. The fourth-order valence-corrected chi connectivity index (χ4v) is 3.92. The van der Waals surface area contributed by atoms with E-state index >= 15 is 0 Å². The number of rotatable bonds is 2. The van der Waals surface area contributed by atoms with Crippen LogP contribution in [0.25, 0.3) is 10.9 Å². The van der Waals surface area contributed by atoms with Gasteiger partial charge < -0.3 is 19.7 Å². The zero-order valence-corrected chi connectivity index (χ0v) is 18.1. The third kappa shape index (κ3) is 4.14. The summed E-state index contributed by atoms with van der Waals surface area (Å²) in [5.74, 6) is -0.195. The van der Waals surface area contributed by atoms with Gasteiger partial charge in [-0.1, -0.05) is 35.9 Å². The number of hydrogen-bond donors (Lipinski definition) is 1. The molecule has 7 nitrogen and oxygen atoms in total. The standard InChI is InChI=1S/C23H23ClN4O3/c1-15-7-8-16(13-19(15)24)25-23(31)28-11-9-27(10-12-28)22(30)18-14-21(29)26(2)20-6-4-3-5-17(18)20/h3-8,13-14H,9-12H2,1-2H3,(H,25,31). The molecule has 160 valence electrons. The number of pyridine rings is 1. The molecular weight excluding hydrogens is 416 g/mol. The summed E-state index contributed by atoms with van der Waals surface area (Å²) in [7, 11) is 1.69. The predicted molar refractivity (Wildman–Crippen MR) is 122 cm³/mol. The average molecular weight is 439 g/mol. The SMILES string of the molecule is Cc1ccc(NC(=O)N2CCN(C(=O)c3cc(=O)n(C)c4ccccc34)CC2)cc1Cl. The van der Waals surface area contributed by atoms with E-state index in [1.54, 1.807) is 29.0 Å². The van der Waals surface area contributed by atoms with Crippen molar-refractivity contribution >= 4 is 40.1 Å². The van der Waals surface area contributed by atoms with Gasteiger partial charge in [-0.25, -0.2) is 4.79 Å². The smallest absolute Gasteiger partial charge is 0.321 e. The summed E-state index contributed by atoms with van der Waals surface area (Å²) in [6.07, 6.45) is 0. The summed E-state index contributed by atoms with van der Waals surface area (Å²) in [5, 5.41) is 4.18. The maximum absolute atomic E-state index is 13.2. The van der Waals surface area contributed by atoms with Crippen molar-refractivity contribution in [1.29, 1.82) is 0 Å². The van der Waals surface area contributed by atoms with Gasteiger partial charge in [0.1, 0.15) is 0 Å². The molecule has 1 saturated heterocycles. The molecule has 0 saturated carbocycles. The number of nitrogens with one attached hydrogen (secondary N) is 1. The first-order valence-corrected chi connectivity index (χ1v) is 10.4. The lowest BCUT2D eigenvalue weighted by Crippen LogP contribution is -2.51. The molecule has 3 aromatic rings. The fraction of sp³-hybridized carbons (Fsp3) is 0.261. The highest BCUT2D eigenvalue weighted by Gasteiger charge is 2.26. The molecule has 8 heteroatoms. The van der Waals surface area contributed by atoms with Gasteiger partial charge >= 0.3 is 6.03 Å². The lowest BCUT2D eigenvalue weighted by molar-refractivity contribution is 0.0673. The number of aromatic nitrogens is 1. The quantitative estimate of drug-likeness (QED) is 0.665. The molecule has 3 amide bonds. The Morgan fingerprint density at radius 3 is 2.35 bits per heavy atom. The molecule has 1 fully saturated rings. The molecule has 0 spiro atoms. The maximum atomic E-state index is 13.2. The minimum Gasteiger partial charge on any atom is -0.335 e. The van der Waals surface area contributed by atoms with Crippen LogP contribution in [0.3, 0.4) is 0 Å². The Morgan fingerprint density at radius 2 is 1.65 bits per heavy atom. The molecule has 0 radical (unpaired) electrons. The molecule has 31 heavy (non-hydrogen) atoms. The van der Waals surface area contributed by atoms with Crippen molar-refractivity contribution in [3.8, 4) is 0 Å². The van der Waals surface area contributed by atoms with Crippen LogP contribution < -0.4 is 10.9 Å². The lowest BCUT2D eigenvalue weighted by atomic mass is 10.1. The highest BCUT2D eigenvalue weighted by molar-refractivity contribution is 6.31. The third-order valence-corrected chi connectivity index (χ3v) is 6.07. The first kappa shape index (κ1) is 20.9. The Bertz CT molecular complexity index is 1230. The number of para-hydroxylation sites is 1. The summed E-state index contributed by atoms with van der Waals surface area (Å²) < 4.78 is 1.53. The van der Waals surface area contributed by atoms with Gasteiger partial charge in [-0.05, 0) is 30.7 Å². The van der Waals surface area contributed by atoms with Gasteiger partial charge in [0.15, 0.2) is 0 Å². The number of amides is 3. The normalized spacial score (nSPS) is 14.0. The van der Waals surface area contributed by atoms with Crippen molar-refractivity contribution < 1.29 is 9.59 Å². The summed E-state index contributed by atoms with van der Waals surface area (Å²) in [5.41, 5.74) is 2.46. The summed E-state index contributed by atoms with van der Waals surface area (Å²) >= 11 is 6.12. The Hall–Kier alpha value is -3.32. The third-order valence-electron chi connectivity index (χ3n) is 5.66. The van der Waals surface area contributed by atoms with Gasteiger partial charge in [0, 0.05) is 55.4 Å². The van der Waals surface area contributed by atoms with E-state index in [2.05, 4.69) is 5.32 Å². The number of urea groups is 1. The first-order valence-electron chi connectivity index (χ1n) is 10.1. The van der Waals surface area contributed by atoms with Gasteiger partial charge in [0.25, 0.3) is 11.5 Å². The highest BCUT2D eigenvalue weighted by Crippen LogP contribution is 2.21. The van der Waals surface area contributed by atoms with Crippen LogP contribution in [-0.4, -0.2) is 52.5 Å². The maximum Gasteiger partial charge on any atom is 0.321 e. The molecule has 1 aromatic heterocycles. The molecule has 1 N–H and O–H groups in total. The van der Waals surface area contributed by atoms with Gasteiger partial charge in [0.2, 0.25) is 0 Å². The molecule has 1 aliphatic rings. The predicted octanol–water partition coefficient (Wildman–Crippen LogP) is 3.49. The number of aryl methyl sites for hydroxylation is 2. The van der Waals surface area contributed by atoms with Crippen LogP contribution >= 0.6 is 11.6 Å². The van der Waals surface area contributed by atoms with E-state index in [9.17, 15) is 14.4 Å². The lowest BCUT2D eigenvalue weighted by Gasteiger charge is -2.35. The Morgan fingerprint density at radius 1 is 0.968 bits per heavy atom. The molecule has 4 rings (SSSR count). The van der Waals surface area contributed by atoms with Crippen LogP contribution in [0.2, 0.25) is 5.02 Å². The fourth-order valence-electron chi connectivity index (χ4n) is 3.74. The first-order chi connectivity index (χ1) is 14.8. The van der Waals surface area contributed by atoms with Crippen LogP contribution in [-0.2, 0) is 7.05 Å². The van der Waals surface area contributed by atoms with Crippen LogP contribution in [0.1, 0.15) is 15.9 Å². The van der Waals surface area contributed by atoms with E-state index in [-0.39, 0.29) is 17.5 Å². The Kier molecular flexibility index (Phi) is 5.69.